The van der Waals surface area contributed by atoms with Gasteiger partial charge in [-0.2, -0.15) is 0 Å². The molecule has 0 saturated heterocycles. The predicted molar refractivity (Wildman–Crippen MR) is 59.0 cm³/mol. The van der Waals surface area contributed by atoms with Crippen LogP contribution >= 0.6 is 15.9 Å². The zero-order chi connectivity index (χ0) is 10.8. The average Bonchev–Trinajstić information content (AvgIpc) is 2.60. The molecule has 0 aliphatic carbocycles. The minimum Gasteiger partial charge on any atom is -0.492 e. The van der Waals surface area contributed by atoms with Crippen molar-refractivity contribution in [2.75, 3.05) is 13.2 Å². The van der Waals surface area contributed by atoms with Crippen molar-refractivity contribution in [3.8, 4) is 5.75 Å². The summed E-state index contributed by atoms with van der Waals surface area (Å²) in [6.07, 6.45) is 0. The van der Waals surface area contributed by atoms with Gasteiger partial charge in [0.2, 0.25) is 0 Å². The molecule has 0 N–H and O–H groups in total. The van der Waals surface area contributed by atoms with Crippen molar-refractivity contribution < 1.29 is 14.3 Å². The maximum absolute atomic E-state index is 11.6. The number of ether oxygens (including phenoxy) is 2. The quantitative estimate of drug-likeness (QED) is 0.775. The molecule has 0 unspecified atom stereocenters. The van der Waals surface area contributed by atoms with E-state index < -0.39 is 0 Å². The third kappa shape index (κ3) is 2.00. The van der Waals surface area contributed by atoms with Crippen molar-refractivity contribution in [1.82, 2.24) is 0 Å². The highest BCUT2D eigenvalue weighted by Gasteiger charge is 2.31. The molecule has 1 aromatic rings. The summed E-state index contributed by atoms with van der Waals surface area (Å²) in [5.41, 5.74) is 0.905. The van der Waals surface area contributed by atoms with E-state index in [0.29, 0.717) is 13.2 Å². The molecule has 1 heterocycles. The SMILES string of the molecule is CCOC(=O)[C@H]1COc2ccc(Br)cc21. The van der Waals surface area contributed by atoms with Gasteiger partial charge in [-0.05, 0) is 25.1 Å². The molecule has 3 nitrogen and oxygen atoms in total. The molecule has 0 spiro atoms. The van der Waals surface area contributed by atoms with Crippen molar-refractivity contribution in [3.05, 3.63) is 28.2 Å². The number of carbonyl (C=O) groups is 1. The molecule has 4 heteroatoms. The van der Waals surface area contributed by atoms with Crippen LogP contribution in [0.5, 0.6) is 5.75 Å². The standard InChI is InChI=1S/C11H11BrO3/c1-2-14-11(13)9-6-15-10-4-3-7(12)5-8(9)10/h3-5,9H,2,6H2,1H3/t9-/m0/s1. The van der Waals surface area contributed by atoms with E-state index in [1.807, 2.05) is 18.2 Å². The zero-order valence-corrected chi connectivity index (χ0v) is 9.91. The molecule has 0 amide bonds. The highest BCUT2D eigenvalue weighted by molar-refractivity contribution is 9.10. The predicted octanol–water partition coefficient (Wildman–Crippen LogP) is 2.49. The molecule has 0 fully saturated rings. The van der Waals surface area contributed by atoms with E-state index in [1.165, 1.54) is 0 Å². The molecule has 0 aromatic heterocycles. The van der Waals surface area contributed by atoms with Gasteiger partial charge in [0.1, 0.15) is 18.3 Å². The lowest BCUT2D eigenvalue weighted by Gasteiger charge is -2.07. The van der Waals surface area contributed by atoms with Crippen LogP contribution in [0.4, 0.5) is 0 Å². The lowest BCUT2D eigenvalue weighted by Crippen LogP contribution is -2.17. The Morgan fingerprint density at radius 1 is 1.67 bits per heavy atom. The maximum Gasteiger partial charge on any atom is 0.317 e. The molecule has 0 radical (unpaired) electrons. The van der Waals surface area contributed by atoms with E-state index in [1.54, 1.807) is 6.92 Å². The highest BCUT2D eigenvalue weighted by Crippen LogP contribution is 2.36. The van der Waals surface area contributed by atoms with Crippen LogP contribution in [0.15, 0.2) is 22.7 Å². The van der Waals surface area contributed by atoms with Crippen molar-refractivity contribution >= 4 is 21.9 Å². The molecule has 0 bridgehead atoms. The first-order valence-electron chi connectivity index (χ1n) is 4.81. The summed E-state index contributed by atoms with van der Waals surface area (Å²) in [6, 6.07) is 5.66. The minimum absolute atomic E-state index is 0.214. The van der Waals surface area contributed by atoms with E-state index in [-0.39, 0.29) is 11.9 Å². The van der Waals surface area contributed by atoms with Gasteiger partial charge in [0, 0.05) is 10.0 Å². The Labute approximate surface area is 96.5 Å². The summed E-state index contributed by atoms with van der Waals surface area (Å²) in [7, 11) is 0. The first-order valence-corrected chi connectivity index (χ1v) is 5.60. The van der Waals surface area contributed by atoms with Gasteiger partial charge < -0.3 is 9.47 Å². The molecule has 1 aromatic carbocycles. The summed E-state index contributed by atoms with van der Waals surface area (Å²) in [6.45, 7) is 2.58. The topological polar surface area (TPSA) is 35.5 Å². The van der Waals surface area contributed by atoms with Crippen LogP contribution in [0.2, 0.25) is 0 Å². The Hall–Kier alpha value is -1.03. The van der Waals surface area contributed by atoms with Crippen molar-refractivity contribution in [1.29, 1.82) is 0 Å². The van der Waals surface area contributed by atoms with Gasteiger partial charge in [0.05, 0.1) is 6.61 Å². The maximum atomic E-state index is 11.6. The van der Waals surface area contributed by atoms with Gasteiger partial charge in [-0.15, -0.1) is 0 Å². The fraction of sp³-hybridized carbons (Fsp3) is 0.364. The summed E-state index contributed by atoms with van der Waals surface area (Å²) >= 11 is 3.37. The number of hydrogen-bond donors (Lipinski definition) is 0. The zero-order valence-electron chi connectivity index (χ0n) is 8.33. The molecule has 15 heavy (non-hydrogen) atoms. The number of benzene rings is 1. The number of esters is 1. The largest absolute Gasteiger partial charge is 0.492 e. The van der Waals surface area contributed by atoms with Crippen molar-refractivity contribution in [2.24, 2.45) is 0 Å². The van der Waals surface area contributed by atoms with Crippen LogP contribution in [-0.4, -0.2) is 19.2 Å². The number of fused-ring (bicyclic) bond motifs is 1. The Morgan fingerprint density at radius 2 is 2.47 bits per heavy atom. The van der Waals surface area contributed by atoms with Gasteiger partial charge in [0.25, 0.3) is 0 Å². The second kappa shape index (κ2) is 4.23. The van der Waals surface area contributed by atoms with Gasteiger partial charge >= 0.3 is 5.97 Å². The minimum atomic E-state index is -0.280. The number of hydrogen-bond acceptors (Lipinski definition) is 3. The lowest BCUT2D eigenvalue weighted by atomic mass is 10.0. The van der Waals surface area contributed by atoms with Crippen LogP contribution in [0, 0.1) is 0 Å². The van der Waals surface area contributed by atoms with Crippen LogP contribution in [0.3, 0.4) is 0 Å². The summed E-state index contributed by atoms with van der Waals surface area (Å²) in [4.78, 5) is 11.6. The Bertz CT molecular complexity index is 389. The Morgan fingerprint density at radius 3 is 3.20 bits per heavy atom. The fourth-order valence-corrected chi connectivity index (χ4v) is 2.00. The normalized spacial score (nSPS) is 18.1. The van der Waals surface area contributed by atoms with Crippen LogP contribution in [0.25, 0.3) is 0 Å². The number of rotatable bonds is 2. The van der Waals surface area contributed by atoms with Crippen molar-refractivity contribution in [3.63, 3.8) is 0 Å². The second-order valence-electron chi connectivity index (χ2n) is 3.30. The second-order valence-corrected chi connectivity index (χ2v) is 4.21. The van der Waals surface area contributed by atoms with Gasteiger partial charge in [-0.3, -0.25) is 4.79 Å². The molecule has 1 aliphatic heterocycles. The van der Waals surface area contributed by atoms with E-state index >= 15 is 0 Å². The number of halogens is 1. The first kappa shape index (κ1) is 10.5. The fourth-order valence-electron chi connectivity index (χ4n) is 1.62. The molecular formula is C11H11BrO3. The van der Waals surface area contributed by atoms with Gasteiger partial charge in [-0.25, -0.2) is 0 Å². The van der Waals surface area contributed by atoms with Crippen LogP contribution in [-0.2, 0) is 9.53 Å². The molecule has 1 atom stereocenters. The average molecular weight is 271 g/mol. The molecule has 80 valence electrons. The summed E-state index contributed by atoms with van der Waals surface area (Å²) in [5.74, 6) is 0.281. The molecule has 2 rings (SSSR count). The van der Waals surface area contributed by atoms with Crippen LogP contribution in [0.1, 0.15) is 18.4 Å². The van der Waals surface area contributed by atoms with Gasteiger partial charge in [0.15, 0.2) is 0 Å². The lowest BCUT2D eigenvalue weighted by molar-refractivity contribution is -0.145. The van der Waals surface area contributed by atoms with E-state index in [9.17, 15) is 4.79 Å². The first-order chi connectivity index (χ1) is 7.22. The van der Waals surface area contributed by atoms with Crippen molar-refractivity contribution in [2.45, 2.75) is 12.8 Å². The van der Waals surface area contributed by atoms with E-state index in [0.717, 1.165) is 15.8 Å². The Kier molecular flexibility index (Phi) is 2.95. The van der Waals surface area contributed by atoms with E-state index in [4.69, 9.17) is 9.47 Å². The molecular weight excluding hydrogens is 260 g/mol. The monoisotopic (exact) mass is 270 g/mol. The highest BCUT2D eigenvalue weighted by atomic mass is 79.9. The number of carbonyl (C=O) groups excluding carboxylic acids is 1. The smallest absolute Gasteiger partial charge is 0.317 e. The molecule has 1 aliphatic rings. The summed E-state index contributed by atoms with van der Waals surface area (Å²) in [5, 5.41) is 0. The summed E-state index contributed by atoms with van der Waals surface area (Å²) < 4.78 is 11.3. The van der Waals surface area contributed by atoms with Gasteiger partial charge in [-0.1, -0.05) is 15.9 Å². The van der Waals surface area contributed by atoms with E-state index in [2.05, 4.69) is 15.9 Å². The Balaban J connectivity index is 2.27. The molecule has 0 saturated carbocycles. The van der Waals surface area contributed by atoms with Crippen LogP contribution < -0.4 is 4.74 Å². The third-order valence-corrected chi connectivity index (χ3v) is 2.82. The third-order valence-electron chi connectivity index (χ3n) is 2.32.